The van der Waals surface area contributed by atoms with Crippen LogP contribution in [0.1, 0.15) is 63.6 Å². The van der Waals surface area contributed by atoms with Gasteiger partial charge >= 0.3 is 0 Å². The Morgan fingerprint density at radius 2 is 2.19 bits per heavy atom. The molecule has 0 aromatic carbocycles. The summed E-state index contributed by atoms with van der Waals surface area (Å²) in [4.78, 5) is 29.8. The Morgan fingerprint density at radius 1 is 1.37 bits per heavy atom. The Balaban J connectivity index is 1.57. The maximum Gasteiger partial charge on any atom is 0.255 e. The number of furan rings is 1. The minimum absolute atomic E-state index is 0.0152. The summed E-state index contributed by atoms with van der Waals surface area (Å²) in [5.41, 5.74) is 1.73. The second-order valence-electron chi connectivity index (χ2n) is 7.60. The average Bonchev–Trinajstić information content (AvgIpc) is 2.97. The number of ketones is 1. The van der Waals surface area contributed by atoms with Crippen molar-refractivity contribution in [3.05, 3.63) is 52.7 Å². The number of nitrogens with zero attached hydrogens (tertiary/aromatic N) is 1. The Labute approximate surface area is 158 Å². The first kappa shape index (κ1) is 17.9. The van der Waals surface area contributed by atoms with Gasteiger partial charge in [-0.25, -0.2) is 0 Å². The molecule has 1 fully saturated rings. The predicted octanol–water partition coefficient (Wildman–Crippen LogP) is 2.61. The van der Waals surface area contributed by atoms with Gasteiger partial charge < -0.3 is 14.8 Å². The van der Waals surface area contributed by atoms with E-state index >= 15 is 0 Å². The summed E-state index contributed by atoms with van der Waals surface area (Å²) in [7, 11) is 0. The first-order chi connectivity index (χ1) is 13.0. The number of fused-ring (bicyclic) bond motifs is 1. The summed E-state index contributed by atoms with van der Waals surface area (Å²) in [5.74, 6) is 1.05. The van der Waals surface area contributed by atoms with Crippen LogP contribution in [0.4, 0.5) is 0 Å². The number of aliphatic hydroxyl groups is 1. The van der Waals surface area contributed by atoms with E-state index in [2.05, 4.69) is 10.3 Å². The summed E-state index contributed by atoms with van der Waals surface area (Å²) < 4.78 is 5.71. The SMILES string of the molecule is Cc1oc2c(c1C(=O)NC(Cc1ccccn1)C1CC(O)C1)C(=O)CCC2. The van der Waals surface area contributed by atoms with Crippen LogP contribution >= 0.6 is 0 Å². The van der Waals surface area contributed by atoms with Gasteiger partial charge in [0.2, 0.25) is 0 Å². The van der Waals surface area contributed by atoms with Crippen molar-refractivity contribution < 1.29 is 19.1 Å². The van der Waals surface area contributed by atoms with Crippen LogP contribution in [0.5, 0.6) is 0 Å². The number of amides is 1. The van der Waals surface area contributed by atoms with Gasteiger partial charge in [0.25, 0.3) is 5.91 Å². The van der Waals surface area contributed by atoms with Crippen molar-refractivity contribution in [3.63, 3.8) is 0 Å². The zero-order valence-electron chi connectivity index (χ0n) is 15.4. The van der Waals surface area contributed by atoms with Crippen molar-refractivity contribution in [2.24, 2.45) is 5.92 Å². The number of hydrogen-bond donors (Lipinski definition) is 2. The first-order valence-corrected chi connectivity index (χ1v) is 9.57. The molecule has 6 heteroatoms. The van der Waals surface area contributed by atoms with E-state index in [4.69, 9.17) is 4.42 Å². The van der Waals surface area contributed by atoms with Crippen LogP contribution in [0.25, 0.3) is 0 Å². The van der Waals surface area contributed by atoms with Gasteiger partial charge in [-0.15, -0.1) is 0 Å². The lowest BCUT2D eigenvalue weighted by Crippen LogP contribution is -2.48. The second-order valence-corrected chi connectivity index (χ2v) is 7.60. The molecular formula is C21H24N2O4. The monoisotopic (exact) mass is 368 g/mol. The fraction of sp³-hybridized carbons (Fsp3) is 0.476. The van der Waals surface area contributed by atoms with E-state index in [0.29, 0.717) is 54.8 Å². The highest BCUT2D eigenvalue weighted by atomic mass is 16.3. The van der Waals surface area contributed by atoms with Gasteiger partial charge in [-0.2, -0.15) is 0 Å². The summed E-state index contributed by atoms with van der Waals surface area (Å²) in [6, 6.07) is 5.57. The number of Topliss-reactive ketones (excluding diaryl/α,β-unsaturated/α-hetero) is 1. The molecule has 1 unspecified atom stereocenters. The van der Waals surface area contributed by atoms with Gasteiger partial charge in [-0.05, 0) is 44.2 Å². The molecule has 2 aliphatic carbocycles. The smallest absolute Gasteiger partial charge is 0.255 e. The summed E-state index contributed by atoms with van der Waals surface area (Å²) >= 11 is 0. The first-order valence-electron chi connectivity index (χ1n) is 9.57. The molecule has 0 aliphatic heterocycles. The minimum Gasteiger partial charge on any atom is -0.465 e. The number of carbonyl (C=O) groups excluding carboxylic acids is 2. The average molecular weight is 368 g/mol. The molecule has 0 bridgehead atoms. The highest BCUT2D eigenvalue weighted by Gasteiger charge is 2.37. The van der Waals surface area contributed by atoms with Gasteiger partial charge in [0.1, 0.15) is 11.5 Å². The van der Waals surface area contributed by atoms with Gasteiger partial charge in [-0.1, -0.05) is 6.07 Å². The van der Waals surface area contributed by atoms with Gasteiger partial charge in [0, 0.05) is 37.2 Å². The number of nitrogens with one attached hydrogen (secondary N) is 1. The maximum atomic E-state index is 13.1. The van der Waals surface area contributed by atoms with Gasteiger partial charge in [0.05, 0.1) is 17.2 Å². The van der Waals surface area contributed by atoms with Crippen LogP contribution in [-0.2, 0) is 12.8 Å². The van der Waals surface area contributed by atoms with Crippen molar-refractivity contribution in [1.29, 1.82) is 0 Å². The number of pyridine rings is 1. The normalized spacial score (nSPS) is 22.7. The molecule has 2 N–H and O–H groups in total. The number of hydrogen-bond acceptors (Lipinski definition) is 5. The number of aromatic nitrogens is 1. The number of aliphatic hydroxyl groups excluding tert-OH is 1. The van der Waals surface area contributed by atoms with Crippen LogP contribution < -0.4 is 5.32 Å². The lowest BCUT2D eigenvalue weighted by atomic mass is 9.75. The topological polar surface area (TPSA) is 92.4 Å². The Hall–Kier alpha value is -2.47. The summed E-state index contributed by atoms with van der Waals surface area (Å²) in [5, 5.41) is 12.8. The summed E-state index contributed by atoms with van der Waals surface area (Å²) in [6.45, 7) is 1.74. The predicted molar refractivity (Wildman–Crippen MR) is 98.6 cm³/mol. The molecule has 4 rings (SSSR count). The van der Waals surface area contributed by atoms with E-state index < -0.39 is 0 Å². The van der Waals surface area contributed by atoms with E-state index in [9.17, 15) is 14.7 Å². The molecular weight excluding hydrogens is 344 g/mol. The van der Waals surface area contributed by atoms with Crippen LogP contribution in [0.3, 0.4) is 0 Å². The van der Waals surface area contributed by atoms with Crippen LogP contribution in [0, 0.1) is 12.8 Å². The van der Waals surface area contributed by atoms with E-state index in [1.807, 2.05) is 18.2 Å². The third-order valence-corrected chi connectivity index (χ3v) is 5.66. The van der Waals surface area contributed by atoms with Crippen LogP contribution in [-0.4, -0.2) is 33.9 Å². The number of aryl methyl sites for hydroxylation is 2. The zero-order valence-corrected chi connectivity index (χ0v) is 15.4. The Morgan fingerprint density at radius 3 is 2.89 bits per heavy atom. The van der Waals surface area contributed by atoms with Gasteiger partial charge in [0.15, 0.2) is 5.78 Å². The fourth-order valence-corrected chi connectivity index (χ4v) is 4.16. The lowest BCUT2D eigenvalue weighted by Gasteiger charge is -2.38. The van der Waals surface area contributed by atoms with Crippen LogP contribution in [0.2, 0.25) is 0 Å². The summed E-state index contributed by atoms with van der Waals surface area (Å²) in [6.07, 6.45) is 5.28. The Bertz CT molecular complexity index is 853. The Kier molecular flexibility index (Phi) is 4.83. The second kappa shape index (κ2) is 7.27. The van der Waals surface area contributed by atoms with Gasteiger partial charge in [-0.3, -0.25) is 14.6 Å². The largest absolute Gasteiger partial charge is 0.465 e. The fourth-order valence-electron chi connectivity index (χ4n) is 4.16. The molecule has 6 nitrogen and oxygen atoms in total. The molecule has 142 valence electrons. The third kappa shape index (κ3) is 3.54. The third-order valence-electron chi connectivity index (χ3n) is 5.66. The van der Waals surface area contributed by atoms with E-state index in [0.717, 1.165) is 12.1 Å². The number of carbonyl (C=O) groups is 2. The van der Waals surface area contributed by atoms with Crippen molar-refractivity contribution in [1.82, 2.24) is 10.3 Å². The van der Waals surface area contributed by atoms with Crippen molar-refractivity contribution in [2.45, 2.75) is 57.6 Å². The quantitative estimate of drug-likeness (QED) is 0.846. The molecule has 2 aromatic heterocycles. The van der Waals surface area contributed by atoms with E-state index in [1.165, 1.54) is 0 Å². The van der Waals surface area contributed by atoms with E-state index in [-0.39, 0.29) is 29.8 Å². The molecule has 27 heavy (non-hydrogen) atoms. The van der Waals surface area contributed by atoms with Crippen molar-refractivity contribution >= 4 is 11.7 Å². The zero-order chi connectivity index (χ0) is 19.0. The molecule has 2 aromatic rings. The molecule has 0 saturated heterocycles. The lowest BCUT2D eigenvalue weighted by molar-refractivity contribution is 0.0237. The molecule has 2 heterocycles. The molecule has 0 radical (unpaired) electrons. The van der Waals surface area contributed by atoms with Crippen molar-refractivity contribution in [3.8, 4) is 0 Å². The highest BCUT2D eigenvalue weighted by molar-refractivity contribution is 6.10. The molecule has 1 saturated carbocycles. The molecule has 1 amide bonds. The number of rotatable bonds is 5. The maximum absolute atomic E-state index is 13.1. The van der Waals surface area contributed by atoms with E-state index in [1.54, 1.807) is 13.1 Å². The van der Waals surface area contributed by atoms with Crippen LogP contribution in [0.15, 0.2) is 28.8 Å². The highest BCUT2D eigenvalue weighted by Crippen LogP contribution is 2.33. The van der Waals surface area contributed by atoms with Crippen molar-refractivity contribution in [2.75, 3.05) is 0 Å². The standard InChI is InChI=1S/C21H24N2O4/c1-12-19(20-17(25)6-4-7-18(20)27-12)21(26)23-16(13-9-15(24)10-13)11-14-5-2-3-8-22-14/h2-3,5,8,13,15-16,24H,4,6-7,9-11H2,1H3,(H,23,26). The minimum atomic E-state index is -0.303. The molecule has 0 spiro atoms. The molecule has 2 aliphatic rings. The molecule has 1 atom stereocenters.